The van der Waals surface area contributed by atoms with Crippen LogP contribution in [0.1, 0.15) is 54.1 Å². The van der Waals surface area contributed by atoms with Crippen LogP contribution in [0.2, 0.25) is 0 Å². The standard InChI is InChI=1S/C24H18O2S2/c1-27-17-5-3-13-7-15-9-16-8-14-4-6-18(28-2)11-20(14)24(26)22(16)12-21(15)23(25)19(13)10-17/h3-6,9-12H,7-8H2,1-2H3. The van der Waals surface area contributed by atoms with E-state index >= 15 is 0 Å². The van der Waals surface area contributed by atoms with Crippen LogP contribution in [-0.2, 0) is 12.8 Å². The Balaban J connectivity index is 1.63. The molecular weight excluding hydrogens is 384 g/mol. The highest BCUT2D eigenvalue weighted by molar-refractivity contribution is 7.98. The third-order valence-electron chi connectivity index (χ3n) is 5.70. The van der Waals surface area contributed by atoms with Gasteiger partial charge in [-0.1, -0.05) is 18.2 Å². The van der Waals surface area contributed by atoms with Crippen LogP contribution in [0.4, 0.5) is 0 Å². The highest BCUT2D eigenvalue weighted by Crippen LogP contribution is 2.36. The minimum atomic E-state index is 0.0337. The second kappa shape index (κ2) is 6.64. The van der Waals surface area contributed by atoms with E-state index in [1.807, 2.05) is 30.7 Å². The molecule has 0 heterocycles. The van der Waals surface area contributed by atoms with E-state index in [4.69, 9.17) is 0 Å². The summed E-state index contributed by atoms with van der Waals surface area (Å²) in [6, 6.07) is 16.2. The highest BCUT2D eigenvalue weighted by Gasteiger charge is 2.29. The fraction of sp³-hybridized carbons (Fsp3) is 0.167. The first-order valence-corrected chi connectivity index (χ1v) is 11.6. The summed E-state index contributed by atoms with van der Waals surface area (Å²) in [7, 11) is 0. The first-order chi connectivity index (χ1) is 13.6. The Kier molecular flexibility index (Phi) is 4.22. The van der Waals surface area contributed by atoms with Gasteiger partial charge in [0.2, 0.25) is 0 Å². The molecule has 3 aromatic carbocycles. The Morgan fingerprint density at radius 1 is 0.571 bits per heavy atom. The summed E-state index contributed by atoms with van der Waals surface area (Å²) < 4.78 is 0. The lowest BCUT2D eigenvalue weighted by molar-refractivity contribution is 0.103. The number of ketones is 2. The molecule has 0 saturated heterocycles. The van der Waals surface area contributed by atoms with Crippen LogP contribution in [-0.4, -0.2) is 24.1 Å². The molecule has 0 amide bonds. The molecule has 28 heavy (non-hydrogen) atoms. The van der Waals surface area contributed by atoms with Crippen molar-refractivity contribution < 1.29 is 9.59 Å². The topological polar surface area (TPSA) is 34.1 Å². The number of fused-ring (bicyclic) bond motifs is 4. The van der Waals surface area contributed by atoms with Crippen LogP contribution >= 0.6 is 23.5 Å². The van der Waals surface area contributed by atoms with Crippen molar-refractivity contribution in [1.29, 1.82) is 0 Å². The summed E-state index contributed by atoms with van der Waals surface area (Å²) in [6.07, 6.45) is 5.51. The van der Waals surface area contributed by atoms with E-state index < -0.39 is 0 Å². The third kappa shape index (κ3) is 2.66. The summed E-state index contributed by atoms with van der Waals surface area (Å²) in [5.74, 6) is 0.0674. The van der Waals surface area contributed by atoms with Crippen molar-refractivity contribution in [2.75, 3.05) is 12.5 Å². The van der Waals surface area contributed by atoms with Gasteiger partial charge in [-0.25, -0.2) is 0 Å². The molecule has 0 spiro atoms. The van der Waals surface area contributed by atoms with Gasteiger partial charge in [0.1, 0.15) is 0 Å². The molecule has 0 saturated carbocycles. The van der Waals surface area contributed by atoms with Gasteiger partial charge in [-0.2, -0.15) is 0 Å². The molecule has 0 unspecified atom stereocenters. The van der Waals surface area contributed by atoms with Crippen molar-refractivity contribution in [2.24, 2.45) is 0 Å². The molecule has 0 bridgehead atoms. The second-order valence-electron chi connectivity index (χ2n) is 7.22. The van der Waals surface area contributed by atoms with Crippen LogP contribution in [0.25, 0.3) is 0 Å². The molecule has 138 valence electrons. The first kappa shape index (κ1) is 17.8. The van der Waals surface area contributed by atoms with Crippen LogP contribution < -0.4 is 0 Å². The minimum Gasteiger partial charge on any atom is -0.289 e. The number of carbonyl (C=O) groups is 2. The molecule has 3 aromatic rings. The Bertz CT molecular complexity index is 1090. The Labute approximate surface area is 172 Å². The SMILES string of the molecule is CSc1ccc2c(c1)C(=O)c1cc3c(cc1C2)Cc1ccc(SC)cc1C3=O. The van der Waals surface area contributed by atoms with Gasteiger partial charge in [0.05, 0.1) is 0 Å². The first-order valence-electron chi connectivity index (χ1n) is 9.18. The van der Waals surface area contributed by atoms with Crippen LogP contribution in [0.5, 0.6) is 0 Å². The van der Waals surface area contributed by atoms with E-state index in [2.05, 4.69) is 30.3 Å². The lowest BCUT2D eigenvalue weighted by Gasteiger charge is -2.24. The van der Waals surface area contributed by atoms with E-state index in [-0.39, 0.29) is 11.6 Å². The van der Waals surface area contributed by atoms with Crippen molar-refractivity contribution in [3.05, 3.63) is 93.0 Å². The van der Waals surface area contributed by atoms with Crippen molar-refractivity contribution in [3.8, 4) is 0 Å². The summed E-state index contributed by atoms with van der Waals surface area (Å²) in [4.78, 5) is 28.6. The van der Waals surface area contributed by atoms with Gasteiger partial charge >= 0.3 is 0 Å². The minimum absolute atomic E-state index is 0.0337. The average molecular weight is 403 g/mol. The third-order valence-corrected chi connectivity index (χ3v) is 7.15. The van der Waals surface area contributed by atoms with Gasteiger partial charge in [0.25, 0.3) is 0 Å². The number of thioether (sulfide) groups is 2. The van der Waals surface area contributed by atoms with Crippen molar-refractivity contribution >= 4 is 35.1 Å². The Hall–Kier alpha value is -2.30. The summed E-state index contributed by atoms with van der Waals surface area (Å²) >= 11 is 3.27. The maximum absolute atomic E-state index is 13.2. The van der Waals surface area contributed by atoms with Crippen molar-refractivity contribution in [3.63, 3.8) is 0 Å². The molecule has 0 N–H and O–H groups in total. The number of hydrogen-bond donors (Lipinski definition) is 0. The molecular formula is C24H18O2S2. The van der Waals surface area contributed by atoms with E-state index in [0.717, 1.165) is 56.0 Å². The van der Waals surface area contributed by atoms with E-state index in [1.54, 1.807) is 23.5 Å². The van der Waals surface area contributed by atoms with Gasteiger partial charge in [-0.05, 0) is 77.9 Å². The van der Waals surface area contributed by atoms with Gasteiger partial charge in [-0.15, -0.1) is 23.5 Å². The van der Waals surface area contributed by atoms with E-state index in [0.29, 0.717) is 11.1 Å². The predicted octanol–water partition coefficient (Wildman–Crippen LogP) is 5.40. The summed E-state index contributed by atoms with van der Waals surface area (Å²) in [5, 5.41) is 0. The van der Waals surface area contributed by atoms with Crippen LogP contribution in [0.3, 0.4) is 0 Å². The summed E-state index contributed by atoms with van der Waals surface area (Å²) in [5.41, 5.74) is 7.12. The molecule has 4 heteroatoms. The monoisotopic (exact) mass is 402 g/mol. The largest absolute Gasteiger partial charge is 0.289 e. The lowest BCUT2D eigenvalue weighted by Crippen LogP contribution is -2.21. The fourth-order valence-electron chi connectivity index (χ4n) is 4.21. The van der Waals surface area contributed by atoms with E-state index in [1.165, 1.54) is 0 Å². The molecule has 0 atom stereocenters. The zero-order chi connectivity index (χ0) is 19.4. The molecule has 2 nitrogen and oxygen atoms in total. The molecule has 2 aliphatic carbocycles. The number of hydrogen-bond acceptors (Lipinski definition) is 4. The van der Waals surface area contributed by atoms with Crippen molar-refractivity contribution in [1.82, 2.24) is 0 Å². The normalized spacial score (nSPS) is 14.2. The molecule has 2 aliphatic rings. The van der Waals surface area contributed by atoms with Crippen LogP contribution in [0.15, 0.2) is 58.3 Å². The average Bonchev–Trinajstić information content (AvgIpc) is 2.73. The number of benzene rings is 3. The zero-order valence-corrected chi connectivity index (χ0v) is 17.3. The van der Waals surface area contributed by atoms with Gasteiger partial charge in [-0.3, -0.25) is 9.59 Å². The smallest absolute Gasteiger partial charge is 0.193 e. The van der Waals surface area contributed by atoms with E-state index in [9.17, 15) is 9.59 Å². The van der Waals surface area contributed by atoms with Crippen molar-refractivity contribution in [2.45, 2.75) is 22.6 Å². The maximum Gasteiger partial charge on any atom is 0.193 e. The maximum atomic E-state index is 13.2. The predicted molar refractivity (Wildman–Crippen MR) is 115 cm³/mol. The fourth-order valence-corrected chi connectivity index (χ4v) is 5.09. The Morgan fingerprint density at radius 2 is 1.00 bits per heavy atom. The summed E-state index contributed by atoms with van der Waals surface area (Å²) in [6.45, 7) is 0. The highest BCUT2D eigenvalue weighted by atomic mass is 32.2. The van der Waals surface area contributed by atoms with Gasteiger partial charge in [0, 0.05) is 32.0 Å². The number of carbonyl (C=O) groups excluding carboxylic acids is 2. The molecule has 0 aromatic heterocycles. The molecule has 5 rings (SSSR count). The Morgan fingerprint density at radius 3 is 1.43 bits per heavy atom. The molecule has 0 fully saturated rings. The molecule has 0 radical (unpaired) electrons. The number of rotatable bonds is 2. The lowest BCUT2D eigenvalue weighted by atomic mass is 9.78. The zero-order valence-electron chi connectivity index (χ0n) is 15.7. The second-order valence-corrected chi connectivity index (χ2v) is 8.98. The quantitative estimate of drug-likeness (QED) is 0.370. The van der Waals surface area contributed by atoms with Gasteiger partial charge in [0.15, 0.2) is 11.6 Å². The molecule has 0 aliphatic heterocycles. The van der Waals surface area contributed by atoms with Gasteiger partial charge < -0.3 is 0 Å². The van der Waals surface area contributed by atoms with Crippen LogP contribution in [0, 0.1) is 0 Å².